The Bertz CT molecular complexity index is 501. The van der Waals surface area contributed by atoms with Gasteiger partial charge in [0.05, 0.1) is 11.9 Å². The smallest absolute Gasteiger partial charge is 0.244 e. The number of nitrogens with one attached hydrogen (secondary N) is 1. The summed E-state index contributed by atoms with van der Waals surface area (Å²) in [5, 5.41) is 3.96. The summed E-state index contributed by atoms with van der Waals surface area (Å²) in [4.78, 5) is 0.213. The van der Waals surface area contributed by atoms with Gasteiger partial charge in [0.25, 0.3) is 0 Å². The van der Waals surface area contributed by atoms with E-state index < -0.39 is 15.6 Å². The first-order valence-electron chi connectivity index (χ1n) is 6.04. The number of sulfonamides is 1. The molecule has 8 heteroatoms. The number of hydrogen-bond donors (Lipinski definition) is 2. The van der Waals surface area contributed by atoms with E-state index in [4.69, 9.17) is 5.73 Å². The summed E-state index contributed by atoms with van der Waals surface area (Å²) < 4.78 is 28.9. The van der Waals surface area contributed by atoms with Crippen molar-refractivity contribution in [2.75, 3.05) is 6.54 Å². The molecule has 6 nitrogen and oxygen atoms in total. The van der Waals surface area contributed by atoms with E-state index in [0.29, 0.717) is 18.5 Å². The molecule has 0 saturated carbocycles. The molecule has 0 unspecified atom stereocenters. The number of hydrogen-bond acceptors (Lipinski definition) is 4. The number of aromatic nitrogens is 2. The quantitative estimate of drug-likeness (QED) is 0.818. The van der Waals surface area contributed by atoms with Crippen LogP contribution in [0.4, 0.5) is 0 Å². The topological polar surface area (TPSA) is 90.0 Å². The van der Waals surface area contributed by atoms with Crippen LogP contribution in [0.3, 0.4) is 0 Å². The summed E-state index contributed by atoms with van der Waals surface area (Å²) in [5.74, 6) is 0. The van der Waals surface area contributed by atoms with Crippen molar-refractivity contribution >= 4 is 22.4 Å². The van der Waals surface area contributed by atoms with Gasteiger partial charge in [-0.15, -0.1) is 12.4 Å². The zero-order valence-corrected chi connectivity index (χ0v) is 13.4. The second-order valence-corrected chi connectivity index (χ2v) is 6.17. The lowest BCUT2D eigenvalue weighted by molar-refractivity contribution is 0.363. The van der Waals surface area contributed by atoms with Crippen LogP contribution >= 0.6 is 12.4 Å². The van der Waals surface area contributed by atoms with Crippen LogP contribution in [0, 0.1) is 6.92 Å². The third kappa shape index (κ3) is 3.68. The van der Waals surface area contributed by atoms with Crippen LogP contribution in [0.2, 0.25) is 0 Å². The highest BCUT2D eigenvalue weighted by Gasteiger charge is 2.32. The summed E-state index contributed by atoms with van der Waals surface area (Å²) in [6.07, 6.45) is 2.67. The summed E-state index contributed by atoms with van der Waals surface area (Å²) in [6.45, 7) is 5.85. The fourth-order valence-corrected chi connectivity index (χ4v) is 3.57. The third-order valence-electron chi connectivity index (χ3n) is 3.57. The Labute approximate surface area is 121 Å². The number of halogens is 1. The van der Waals surface area contributed by atoms with Crippen molar-refractivity contribution < 1.29 is 8.42 Å². The molecule has 0 aromatic carbocycles. The zero-order chi connectivity index (χ0) is 14.0. The van der Waals surface area contributed by atoms with Crippen molar-refractivity contribution in [2.45, 2.75) is 44.0 Å². The summed E-state index contributed by atoms with van der Waals surface area (Å²) in [5.41, 5.74) is 5.74. The van der Waals surface area contributed by atoms with Crippen LogP contribution < -0.4 is 10.5 Å². The zero-order valence-electron chi connectivity index (χ0n) is 11.8. The van der Waals surface area contributed by atoms with Crippen LogP contribution in [0.5, 0.6) is 0 Å². The number of nitrogens with zero attached hydrogens (tertiary/aromatic N) is 2. The standard InChI is InChI=1S/C11H22N4O2S.ClH/c1-5-11(6-2,8-12)14-18(16,17)10-7-13-15(4)9(10)3;/h7,14H,5-6,8,12H2,1-4H3;1H. The highest BCUT2D eigenvalue weighted by Crippen LogP contribution is 2.20. The lowest BCUT2D eigenvalue weighted by Gasteiger charge is -2.30. The second-order valence-electron chi connectivity index (χ2n) is 4.51. The van der Waals surface area contributed by atoms with Crippen molar-refractivity contribution in [3.05, 3.63) is 11.9 Å². The molecule has 3 N–H and O–H groups in total. The Morgan fingerprint density at radius 2 is 1.95 bits per heavy atom. The highest BCUT2D eigenvalue weighted by atomic mass is 35.5. The molecule has 0 spiro atoms. The molecule has 0 aliphatic carbocycles. The molecule has 0 amide bonds. The first-order valence-corrected chi connectivity index (χ1v) is 7.53. The van der Waals surface area contributed by atoms with E-state index in [1.54, 1.807) is 14.0 Å². The lowest BCUT2D eigenvalue weighted by atomic mass is 9.95. The number of aryl methyl sites for hydroxylation is 1. The Hall–Kier alpha value is -0.630. The van der Waals surface area contributed by atoms with Crippen molar-refractivity contribution in [3.8, 4) is 0 Å². The molecule has 0 fully saturated rings. The van der Waals surface area contributed by atoms with Gasteiger partial charge < -0.3 is 5.73 Å². The van der Waals surface area contributed by atoms with Crippen LogP contribution in [-0.2, 0) is 17.1 Å². The molecule has 0 bridgehead atoms. The molecule has 19 heavy (non-hydrogen) atoms. The fourth-order valence-electron chi connectivity index (χ4n) is 1.81. The van der Waals surface area contributed by atoms with Gasteiger partial charge in [-0.1, -0.05) is 13.8 Å². The minimum absolute atomic E-state index is 0. The van der Waals surface area contributed by atoms with Gasteiger partial charge in [-0.2, -0.15) is 5.10 Å². The van der Waals surface area contributed by atoms with Gasteiger partial charge in [0.2, 0.25) is 10.0 Å². The molecule has 1 aromatic rings. The minimum atomic E-state index is -3.58. The van der Waals surface area contributed by atoms with Crippen LogP contribution in [0.15, 0.2) is 11.1 Å². The first-order chi connectivity index (χ1) is 8.32. The van der Waals surface area contributed by atoms with Gasteiger partial charge in [-0.05, 0) is 19.8 Å². The van der Waals surface area contributed by atoms with E-state index in [1.165, 1.54) is 10.9 Å². The van der Waals surface area contributed by atoms with E-state index in [9.17, 15) is 8.42 Å². The fraction of sp³-hybridized carbons (Fsp3) is 0.727. The molecule has 1 heterocycles. The highest BCUT2D eigenvalue weighted by molar-refractivity contribution is 7.89. The van der Waals surface area contributed by atoms with E-state index in [0.717, 1.165) is 0 Å². The molecule has 112 valence electrons. The van der Waals surface area contributed by atoms with Crippen molar-refractivity contribution in [3.63, 3.8) is 0 Å². The third-order valence-corrected chi connectivity index (χ3v) is 5.26. The molecular formula is C11H23ClN4O2S. The Balaban J connectivity index is 0.00000324. The predicted octanol–water partition coefficient (Wildman–Crippen LogP) is 0.946. The van der Waals surface area contributed by atoms with Gasteiger partial charge in [0, 0.05) is 19.1 Å². The van der Waals surface area contributed by atoms with Gasteiger partial charge in [0.15, 0.2) is 0 Å². The minimum Gasteiger partial charge on any atom is -0.329 e. The van der Waals surface area contributed by atoms with Crippen LogP contribution in [-0.4, -0.2) is 30.3 Å². The van der Waals surface area contributed by atoms with Crippen molar-refractivity contribution in [1.29, 1.82) is 0 Å². The van der Waals surface area contributed by atoms with E-state index >= 15 is 0 Å². The monoisotopic (exact) mass is 310 g/mol. The average Bonchev–Trinajstić information content (AvgIpc) is 2.68. The van der Waals surface area contributed by atoms with E-state index in [2.05, 4.69) is 9.82 Å². The van der Waals surface area contributed by atoms with Gasteiger partial charge in [-0.25, -0.2) is 13.1 Å². The molecule has 0 aliphatic rings. The maximum atomic E-state index is 12.3. The largest absolute Gasteiger partial charge is 0.329 e. The molecule has 0 atom stereocenters. The van der Waals surface area contributed by atoms with Gasteiger partial charge in [-0.3, -0.25) is 4.68 Å². The molecule has 0 saturated heterocycles. The van der Waals surface area contributed by atoms with Crippen molar-refractivity contribution in [2.24, 2.45) is 12.8 Å². The maximum absolute atomic E-state index is 12.3. The van der Waals surface area contributed by atoms with Gasteiger partial charge >= 0.3 is 0 Å². The molecule has 0 radical (unpaired) electrons. The first kappa shape index (κ1) is 18.4. The SMILES string of the molecule is CCC(CC)(CN)NS(=O)(=O)c1cnn(C)c1C.Cl. The maximum Gasteiger partial charge on any atom is 0.244 e. The molecular weight excluding hydrogens is 288 g/mol. The van der Waals surface area contributed by atoms with Crippen LogP contribution in [0.25, 0.3) is 0 Å². The average molecular weight is 311 g/mol. The Kier molecular flexibility index (Phi) is 6.47. The van der Waals surface area contributed by atoms with Gasteiger partial charge in [0.1, 0.15) is 4.90 Å². The summed E-state index contributed by atoms with van der Waals surface area (Å²) in [7, 11) is -1.86. The van der Waals surface area contributed by atoms with Crippen molar-refractivity contribution in [1.82, 2.24) is 14.5 Å². The Morgan fingerprint density at radius 1 is 1.42 bits per heavy atom. The summed E-state index contributed by atoms with van der Waals surface area (Å²) >= 11 is 0. The number of nitrogens with two attached hydrogens (primary N) is 1. The lowest BCUT2D eigenvalue weighted by Crippen LogP contribution is -2.52. The molecule has 1 aromatic heterocycles. The van der Waals surface area contributed by atoms with E-state index in [1.807, 2.05) is 13.8 Å². The molecule has 1 rings (SSSR count). The normalized spacial score (nSPS) is 12.3. The second kappa shape index (κ2) is 6.69. The molecule has 0 aliphatic heterocycles. The van der Waals surface area contributed by atoms with Crippen LogP contribution in [0.1, 0.15) is 32.4 Å². The van der Waals surface area contributed by atoms with E-state index in [-0.39, 0.29) is 23.8 Å². The number of rotatable bonds is 6. The Morgan fingerprint density at radius 3 is 2.26 bits per heavy atom. The predicted molar refractivity (Wildman–Crippen MR) is 77.9 cm³/mol. The summed E-state index contributed by atoms with van der Waals surface area (Å²) in [6, 6.07) is 0.